The monoisotopic (exact) mass is 378 g/mol. The molecule has 0 fully saturated rings. The summed E-state index contributed by atoms with van der Waals surface area (Å²) >= 11 is 7.49. The molecule has 3 rings (SSSR count). The Morgan fingerprint density at radius 1 is 1.32 bits per heavy atom. The first-order valence-corrected chi connectivity index (χ1v) is 9.06. The fraction of sp³-hybridized carbons (Fsp3) is 0.278. The third-order valence-electron chi connectivity index (χ3n) is 3.69. The van der Waals surface area contributed by atoms with E-state index in [0.717, 1.165) is 26.3 Å². The van der Waals surface area contributed by atoms with E-state index in [2.05, 4.69) is 11.9 Å². The molecule has 1 aromatic carbocycles. The lowest BCUT2D eigenvalue weighted by molar-refractivity contribution is -0.122. The summed E-state index contributed by atoms with van der Waals surface area (Å²) < 4.78 is 11.4. The van der Waals surface area contributed by atoms with Crippen molar-refractivity contribution in [3.8, 4) is 11.5 Å². The molecule has 1 aliphatic rings. The van der Waals surface area contributed by atoms with Crippen molar-refractivity contribution in [2.24, 2.45) is 0 Å². The zero-order valence-corrected chi connectivity index (χ0v) is 15.2. The van der Waals surface area contributed by atoms with Gasteiger partial charge in [0.15, 0.2) is 11.5 Å². The van der Waals surface area contributed by atoms with Gasteiger partial charge in [0, 0.05) is 24.5 Å². The van der Waals surface area contributed by atoms with Crippen LogP contribution < -0.4 is 14.8 Å². The van der Waals surface area contributed by atoms with Gasteiger partial charge in [-0.3, -0.25) is 9.69 Å². The molecule has 0 radical (unpaired) electrons. The topological polar surface area (TPSA) is 50.8 Å². The molecular formula is C18H19ClN2O3S. The van der Waals surface area contributed by atoms with Gasteiger partial charge in [0.25, 0.3) is 0 Å². The predicted octanol–water partition coefficient (Wildman–Crippen LogP) is 3.43. The number of carbonyl (C=O) groups excluding carboxylic acids is 1. The Kier molecular flexibility index (Phi) is 5.96. The number of carbonyl (C=O) groups is 1. The summed E-state index contributed by atoms with van der Waals surface area (Å²) in [6.07, 6.45) is 1.79. The second kappa shape index (κ2) is 8.38. The van der Waals surface area contributed by atoms with Gasteiger partial charge in [-0.25, -0.2) is 0 Å². The van der Waals surface area contributed by atoms with Crippen molar-refractivity contribution < 1.29 is 14.3 Å². The number of hydrogen-bond acceptors (Lipinski definition) is 5. The van der Waals surface area contributed by atoms with Crippen molar-refractivity contribution >= 4 is 28.8 Å². The maximum absolute atomic E-state index is 12.3. The van der Waals surface area contributed by atoms with Crippen LogP contribution in [0.3, 0.4) is 0 Å². The molecule has 25 heavy (non-hydrogen) atoms. The molecule has 1 amide bonds. The van der Waals surface area contributed by atoms with Gasteiger partial charge in [-0.1, -0.05) is 23.7 Å². The van der Waals surface area contributed by atoms with Gasteiger partial charge in [-0.2, -0.15) is 0 Å². The number of amides is 1. The number of hydrogen-bond donors (Lipinski definition) is 1. The van der Waals surface area contributed by atoms with Crippen LogP contribution in [-0.2, 0) is 17.9 Å². The van der Waals surface area contributed by atoms with E-state index in [1.165, 1.54) is 11.3 Å². The number of nitrogens with one attached hydrogen (secondary N) is 1. The Balaban J connectivity index is 1.51. The highest BCUT2D eigenvalue weighted by Gasteiger charge is 2.14. The normalized spacial score (nSPS) is 12.4. The molecular weight excluding hydrogens is 360 g/mol. The molecule has 0 unspecified atom stereocenters. The van der Waals surface area contributed by atoms with Gasteiger partial charge >= 0.3 is 0 Å². The van der Waals surface area contributed by atoms with Crippen LogP contribution in [0.1, 0.15) is 10.4 Å². The number of thiophene rings is 1. The summed E-state index contributed by atoms with van der Waals surface area (Å²) in [5.74, 6) is 1.42. The first kappa shape index (κ1) is 17.8. The van der Waals surface area contributed by atoms with E-state index < -0.39 is 0 Å². The van der Waals surface area contributed by atoms with Crippen molar-refractivity contribution in [1.29, 1.82) is 0 Å². The quantitative estimate of drug-likeness (QED) is 0.715. The molecule has 0 atom stereocenters. The number of rotatable bonds is 8. The summed E-state index contributed by atoms with van der Waals surface area (Å²) in [5, 5.41) is 2.94. The fourth-order valence-corrected chi connectivity index (χ4v) is 3.67. The van der Waals surface area contributed by atoms with Crippen LogP contribution in [0.25, 0.3) is 0 Å². The zero-order chi connectivity index (χ0) is 17.6. The molecule has 0 bridgehead atoms. The summed E-state index contributed by atoms with van der Waals surface area (Å²) in [4.78, 5) is 15.4. The molecule has 2 aromatic rings. The SMILES string of the molecule is C=CCN(CC(=O)NCc1ccc2c(c1)OCO2)Cc1ccc(Cl)s1. The number of halogens is 1. The lowest BCUT2D eigenvalue weighted by Crippen LogP contribution is -2.36. The molecule has 1 N–H and O–H groups in total. The fourth-order valence-electron chi connectivity index (χ4n) is 2.54. The summed E-state index contributed by atoms with van der Waals surface area (Å²) in [5.41, 5.74) is 0.970. The molecule has 5 nitrogen and oxygen atoms in total. The van der Waals surface area contributed by atoms with E-state index in [9.17, 15) is 4.79 Å². The van der Waals surface area contributed by atoms with E-state index in [0.29, 0.717) is 26.2 Å². The van der Waals surface area contributed by atoms with Crippen molar-refractivity contribution in [2.45, 2.75) is 13.1 Å². The van der Waals surface area contributed by atoms with Gasteiger partial charge in [0.1, 0.15) is 0 Å². The smallest absolute Gasteiger partial charge is 0.234 e. The molecule has 1 aromatic heterocycles. The van der Waals surface area contributed by atoms with Gasteiger partial charge < -0.3 is 14.8 Å². The van der Waals surface area contributed by atoms with Crippen molar-refractivity contribution in [3.05, 3.63) is 57.8 Å². The number of ether oxygens (including phenoxy) is 2. The third kappa shape index (κ3) is 4.98. The van der Waals surface area contributed by atoms with Crippen molar-refractivity contribution in [3.63, 3.8) is 0 Å². The van der Waals surface area contributed by atoms with Crippen LogP contribution in [0, 0.1) is 0 Å². The first-order valence-electron chi connectivity index (χ1n) is 7.87. The van der Waals surface area contributed by atoms with Crippen LogP contribution in [0.2, 0.25) is 4.34 Å². The Hall–Kier alpha value is -2.02. The van der Waals surface area contributed by atoms with Crippen molar-refractivity contribution in [2.75, 3.05) is 19.9 Å². The standard InChI is InChI=1S/C18H19ClN2O3S/c1-2-7-21(10-14-4-6-17(19)25-14)11-18(22)20-9-13-3-5-15-16(8-13)24-12-23-15/h2-6,8H,1,7,9-12H2,(H,20,22). The number of fused-ring (bicyclic) bond motifs is 1. The van der Waals surface area contributed by atoms with E-state index in [1.807, 2.05) is 35.2 Å². The van der Waals surface area contributed by atoms with E-state index >= 15 is 0 Å². The molecule has 1 aliphatic heterocycles. The van der Waals surface area contributed by atoms with Crippen LogP contribution in [-0.4, -0.2) is 30.7 Å². The molecule has 0 aliphatic carbocycles. The van der Waals surface area contributed by atoms with Crippen LogP contribution in [0.15, 0.2) is 43.0 Å². The summed E-state index contributed by atoms with van der Waals surface area (Å²) in [7, 11) is 0. The maximum atomic E-state index is 12.3. The number of benzene rings is 1. The molecule has 0 saturated carbocycles. The second-order valence-corrected chi connectivity index (χ2v) is 7.43. The minimum atomic E-state index is -0.0397. The van der Waals surface area contributed by atoms with Crippen molar-refractivity contribution in [1.82, 2.24) is 10.2 Å². The molecule has 0 spiro atoms. The first-order chi connectivity index (χ1) is 12.1. The second-order valence-electron chi connectivity index (χ2n) is 5.63. The van der Waals surface area contributed by atoms with Crippen LogP contribution in [0.5, 0.6) is 11.5 Å². The highest BCUT2D eigenvalue weighted by molar-refractivity contribution is 7.16. The minimum absolute atomic E-state index is 0.0397. The summed E-state index contributed by atoms with van der Waals surface area (Å²) in [6, 6.07) is 9.51. The Bertz CT molecular complexity index is 763. The van der Waals surface area contributed by atoms with Crippen LogP contribution in [0.4, 0.5) is 0 Å². The van der Waals surface area contributed by atoms with Gasteiger partial charge in [-0.15, -0.1) is 17.9 Å². The lowest BCUT2D eigenvalue weighted by Gasteiger charge is -2.19. The maximum Gasteiger partial charge on any atom is 0.234 e. The zero-order valence-electron chi connectivity index (χ0n) is 13.7. The van der Waals surface area contributed by atoms with Gasteiger partial charge in [0.05, 0.1) is 10.9 Å². The predicted molar refractivity (Wildman–Crippen MR) is 99.2 cm³/mol. The molecule has 0 saturated heterocycles. The molecule has 2 heterocycles. The van der Waals surface area contributed by atoms with E-state index in [1.54, 1.807) is 6.08 Å². The lowest BCUT2D eigenvalue weighted by atomic mass is 10.2. The highest BCUT2D eigenvalue weighted by atomic mass is 35.5. The average Bonchev–Trinajstić information content (AvgIpc) is 3.21. The van der Waals surface area contributed by atoms with Gasteiger partial charge in [0.2, 0.25) is 12.7 Å². The number of nitrogens with zero attached hydrogens (tertiary/aromatic N) is 1. The minimum Gasteiger partial charge on any atom is -0.454 e. The Morgan fingerprint density at radius 2 is 2.16 bits per heavy atom. The largest absolute Gasteiger partial charge is 0.454 e. The van der Waals surface area contributed by atoms with Gasteiger partial charge in [-0.05, 0) is 29.8 Å². The van der Waals surface area contributed by atoms with Crippen LogP contribution >= 0.6 is 22.9 Å². The third-order valence-corrected chi connectivity index (χ3v) is 4.91. The summed E-state index contributed by atoms with van der Waals surface area (Å²) in [6.45, 7) is 6.05. The molecule has 7 heteroatoms. The molecule has 132 valence electrons. The van der Waals surface area contributed by atoms with E-state index in [-0.39, 0.29) is 12.7 Å². The Labute approximate surface area is 155 Å². The average molecular weight is 379 g/mol. The Morgan fingerprint density at radius 3 is 2.92 bits per heavy atom. The van der Waals surface area contributed by atoms with E-state index in [4.69, 9.17) is 21.1 Å². The highest BCUT2D eigenvalue weighted by Crippen LogP contribution is 2.32.